The van der Waals surface area contributed by atoms with Crippen molar-refractivity contribution in [2.45, 2.75) is 72.4 Å². The fourth-order valence-corrected chi connectivity index (χ4v) is 10.2. The minimum Gasteiger partial charge on any atom is -0.509 e. The molecule has 0 N–H and O–H groups in total. The van der Waals surface area contributed by atoms with Crippen LogP contribution in [-0.2, 0) is 38.3 Å². The monoisotopic (exact) mass is 1230 g/mol. The largest absolute Gasteiger partial charge is 0.509 e. The van der Waals surface area contributed by atoms with E-state index >= 15 is 0 Å². The van der Waals surface area contributed by atoms with Gasteiger partial charge in [-0.3, -0.25) is 0 Å². The Bertz CT molecular complexity index is 5290. The molecule has 0 amide bonds. The topological polar surface area (TPSA) is 38.5 Å². The smallest absolute Gasteiger partial charge is 0.135 e. The third kappa shape index (κ3) is 9.50. The van der Waals surface area contributed by atoms with Gasteiger partial charge in [-0.15, -0.1) is 48.1 Å². The molecule has 4 heterocycles. The standard InChI is InChI=1S/C72H62N5O.Pt/c1-47(2)36-51-38-70(73-45-63(51)49-22-13-10-14-23-49)77-66-35-31-55(76-64-28-17-15-26-59(64)60-27-16-18-29-65(60)76)43-62(66)61-33-32-58(44-68(61)77)78-57-25-19-24-54(42-57)74-46-75(56-40-52(71(3,4)5)39-53(41-56)72(6,7)8)69-37-50(30-34-67(69)74)48-20-11-9-12-21-48;/h9-35,37-41,43,45-47H,36H2,1-8H3;/q-3;/i1D3,2D3,10D,13D,14D,15D,16D,17D,18D,22D,23D,26D,27D,28D,29D,36D2,47D;. The summed E-state index contributed by atoms with van der Waals surface area (Å²) < 4.78 is 204. The van der Waals surface area contributed by atoms with Crippen molar-refractivity contribution in [2.24, 2.45) is 5.89 Å². The second kappa shape index (κ2) is 20.2. The second-order valence-corrected chi connectivity index (χ2v) is 21.2. The van der Waals surface area contributed by atoms with E-state index in [2.05, 4.69) is 107 Å². The van der Waals surface area contributed by atoms with Gasteiger partial charge in [0, 0.05) is 95.7 Å². The Morgan fingerprint density at radius 1 is 0.582 bits per heavy atom. The number of rotatable bonds is 10. The molecule has 12 aromatic rings. The Kier molecular flexibility index (Phi) is 8.21. The molecule has 0 fully saturated rings. The summed E-state index contributed by atoms with van der Waals surface area (Å²) in [6.07, 6.45) is -2.91. The van der Waals surface area contributed by atoms with E-state index in [9.17, 15) is 6.85 Å². The normalized spacial score (nSPS) is 17.4. The predicted octanol–water partition coefficient (Wildman–Crippen LogP) is 19.2. The van der Waals surface area contributed by atoms with Crippen LogP contribution in [-0.4, -0.2) is 14.1 Å². The molecule has 9 aromatic carbocycles. The summed E-state index contributed by atoms with van der Waals surface area (Å²) in [5.74, 6) is -4.07. The number of pyridine rings is 1. The first-order chi connectivity index (χ1) is 46.7. The van der Waals surface area contributed by atoms with Crippen LogP contribution in [0.1, 0.15) is 102 Å². The molecule has 0 radical (unpaired) electrons. The third-order valence-electron chi connectivity index (χ3n) is 14.1. The number of anilines is 4. The molecular formula is C72H62N5OPt-3. The molecule has 1 aliphatic rings. The van der Waals surface area contributed by atoms with Gasteiger partial charge in [-0.05, 0) is 122 Å². The molecule has 0 unspecified atom stereocenters. The van der Waals surface area contributed by atoms with Crippen molar-refractivity contribution in [1.29, 1.82) is 0 Å². The number of hydrogen-bond acceptors (Lipinski definition) is 4. The molecular weight excluding hydrogens is 1150 g/mol. The molecule has 1 aliphatic heterocycles. The van der Waals surface area contributed by atoms with Crippen molar-refractivity contribution in [1.82, 2.24) is 14.1 Å². The van der Waals surface area contributed by atoms with E-state index in [1.807, 2.05) is 35.8 Å². The molecule has 0 aliphatic carbocycles. The molecule has 7 heteroatoms. The van der Waals surface area contributed by atoms with Gasteiger partial charge in [-0.25, -0.2) is 4.98 Å². The number of para-hydroxylation sites is 2. The summed E-state index contributed by atoms with van der Waals surface area (Å²) in [6, 6.07) is 34.7. The molecule has 13 rings (SSSR count). The minimum absolute atomic E-state index is 0. The molecule has 0 atom stereocenters. The number of fused-ring (bicyclic) bond motifs is 7. The zero-order valence-corrected chi connectivity index (χ0v) is 45.9. The number of nitrogens with zero attached hydrogens (tertiary/aromatic N) is 5. The summed E-state index contributed by atoms with van der Waals surface area (Å²) >= 11 is 0. The van der Waals surface area contributed by atoms with Crippen molar-refractivity contribution in [3.05, 3.63) is 242 Å². The van der Waals surface area contributed by atoms with Gasteiger partial charge < -0.3 is 23.7 Å². The first kappa shape index (κ1) is 32.0. The SMILES string of the molecule is [2H]c1c([2H])c([2H])c(-c2cnc(-n3c4[c-]c(Oc5[c-]c(N6[CH-]N(c7cc(C(C)(C)C)cc(C(C)(C)C)c7)c7cc(-c8ccccc8)ccc76)ccc5)ccc4c4cc(-n5c6c([2H])c([2H])c([2H])c([2H])c6c6c([2H])c([2H])c([2H])c([2H])c65)ccc43)cc2C([2H])([2H])C([2H])(C([2H])([2H])[2H])C([2H])([2H])[2H])c([2H])c1[2H].[Pt]. The summed E-state index contributed by atoms with van der Waals surface area (Å²) in [5.41, 5.74) is 4.97. The van der Waals surface area contributed by atoms with Gasteiger partial charge in [0.05, 0.1) is 28.9 Å². The van der Waals surface area contributed by atoms with Crippen molar-refractivity contribution >= 4 is 66.4 Å². The van der Waals surface area contributed by atoms with Crippen molar-refractivity contribution in [2.75, 3.05) is 9.80 Å². The molecule has 79 heavy (non-hydrogen) atoms. The summed E-state index contributed by atoms with van der Waals surface area (Å²) in [7, 11) is 0. The second-order valence-electron chi connectivity index (χ2n) is 21.2. The Morgan fingerprint density at radius 2 is 1.28 bits per heavy atom. The van der Waals surface area contributed by atoms with Crippen molar-refractivity contribution in [3.63, 3.8) is 0 Å². The van der Waals surface area contributed by atoms with Gasteiger partial charge in [-0.1, -0.05) is 170 Å². The van der Waals surface area contributed by atoms with Crippen LogP contribution in [0, 0.1) is 24.7 Å². The van der Waals surface area contributed by atoms with Gasteiger partial charge in [0.25, 0.3) is 0 Å². The van der Waals surface area contributed by atoms with Crippen LogP contribution in [0.4, 0.5) is 22.7 Å². The number of benzene rings is 9. The Morgan fingerprint density at radius 3 is 1.99 bits per heavy atom. The van der Waals surface area contributed by atoms with Gasteiger partial charge in [0.1, 0.15) is 5.82 Å². The van der Waals surface area contributed by atoms with Gasteiger partial charge in [-0.2, -0.15) is 12.1 Å². The maximum Gasteiger partial charge on any atom is 0.135 e. The van der Waals surface area contributed by atoms with Crippen LogP contribution in [0.15, 0.2) is 206 Å². The van der Waals surface area contributed by atoms with E-state index in [1.54, 1.807) is 30.3 Å². The molecule has 6 nitrogen and oxygen atoms in total. The quantitative estimate of drug-likeness (QED) is 0.128. The fourth-order valence-electron chi connectivity index (χ4n) is 10.2. The maximum absolute atomic E-state index is 9.68. The summed E-state index contributed by atoms with van der Waals surface area (Å²) in [5, 5.41) is 0.236. The van der Waals surface area contributed by atoms with E-state index in [1.165, 1.54) is 21.3 Å². The Hall–Kier alpha value is -8.18. The van der Waals surface area contributed by atoms with Crippen LogP contribution < -0.4 is 14.5 Å². The van der Waals surface area contributed by atoms with Gasteiger partial charge in [0.15, 0.2) is 0 Å². The third-order valence-corrected chi connectivity index (χ3v) is 14.1. The predicted molar refractivity (Wildman–Crippen MR) is 325 cm³/mol. The number of aromatic nitrogens is 3. The summed E-state index contributed by atoms with van der Waals surface area (Å²) in [4.78, 5) is 8.88. The number of ether oxygens (including phenoxy) is 1. The average Bonchev–Trinajstić information content (AvgIpc) is 1.66. The zero-order chi connectivity index (χ0) is 72.5. The average molecular weight is 1230 g/mol. The van der Waals surface area contributed by atoms with E-state index in [-0.39, 0.29) is 93.1 Å². The molecule has 0 spiro atoms. The molecule has 394 valence electrons. The Labute approximate surface area is 509 Å². The Balaban J connectivity index is 0.00000965. The molecule has 0 saturated heterocycles. The first-order valence-corrected chi connectivity index (χ1v) is 25.3. The fraction of sp³-hybridized carbons (Fsp3) is 0.167. The molecule has 0 saturated carbocycles. The van der Waals surface area contributed by atoms with E-state index in [0.717, 1.165) is 51.6 Å². The first-order valence-electron chi connectivity index (χ1n) is 36.3. The van der Waals surface area contributed by atoms with Gasteiger partial charge >= 0.3 is 0 Å². The minimum atomic E-state index is -4.01. The summed E-state index contributed by atoms with van der Waals surface area (Å²) in [6.45, 7) is 7.27. The van der Waals surface area contributed by atoms with Gasteiger partial charge in [0.2, 0.25) is 0 Å². The maximum atomic E-state index is 9.68. The molecule has 0 bridgehead atoms. The van der Waals surface area contributed by atoms with E-state index in [4.69, 9.17) is 33.0 Å². The number of hydrogen-bond donors (Lipinski definition) is 0. The zero-order valence-electron chi connectivity index (χ0n) is 65.7. The van der Waals surface area contributed by atoms with Crippen LogP contribution in [0.2, 0.25) is 0 Å². The van der Waals surface area contributed by atoms with E-state index < -0.39 is 121 Å². The van der Waals surface area contributed by atoms with Crippen molar-refractivity contribution < 1.29 is 56.0 Å². The van der Waals surface area contributed by atoms with Crippen LogP contribution in [0.3, 0.4) is 0 Å². The van der Waals surface area contributed by atoms with Crippen molar-refractivity contribution in [3.8, 4) is 45.3 Å². The van der Waals surface area contributed by atoms with Crippen LogP contribution >= 0.6 is 0 Å². The van der Waals surface area contributed by atoms with Crippen LogP contribution in [0.5, 0.6) is 11.5 Å². The van der Waals surface area contributed by atoms with Crippen LogP contribution in [0.25, 0.3) is 77.4 Å². The molecule has 3 aromatic heterocycles. The van der Waals surface area contributed by atoms with E-state index in [0.29, 0.717) is 11.1 Å².